The number of esters is 2. The minimum Gasteiger partial charge on any atom is -0.458 e. The Bertz CT molecular complexity index is 1440. The zero-order valence-corrected chi connectivity index (χ0v) is 24.6. The number of nitrogens with zero attached hydrogens (tertiary/aromatic N) is 1. The number of likely N-dealkylation sites (tertiary alicyclic amines) is 1. The van der Waals surface area contributed by atoms with Gasteiger partial charge in [-0.3, -0.25) is 4.90 Å². The molecule has 6 aliphatic rings. The number of carbonyl (C=O) groups is 2. The smallest absolute Gasteiger partial charge is 0.338 e. The number of aliphatic hydroxyl groups excluding tert-OH is 1. The molecule has 2 aromatic rings. The summed E-state index contributed by atoms with van der Waals surface area (Å²) in [4.78, 5) is 29.9. The highest BCUT2D eigenvalue weighted by Crippen LogP contribution is 2.84. The van der Waals surface area contributed by atoms with Crippen LogP contribution in [0.1, 0.15) is 66.7 Å². The van der Waals surface area contributed by atoms with Crippen molar-refractivity contribution in [2.24, 2.45) is 39.9 Å². The summed E-state index contributed by atoms with van der Waals surface area (Å²) in [5.74, 6) is 0.0763. The number of benzene rings is 2. The normalized spacial score (nSPS) is 44.5. The van der Waals surface area contributed by atoms with E-state index >= 15 is 0 Å². The fourth-order valence-electron chi connectivity index (χ4n) is 11.8. The maximum absolute atomic E-state index is 13.6. The molecule has 0 unspecified atom stereocenters. The van der Waals surface area contributed by atoms with Gasteiger partial charge < -0.3 is 14.6 Å². The van der Waals surface area contributed by atoms with Gasteiger partial charge in [0, 0.05) is 29.3 Å². The summed E-state index contributed by atoms with van der Waals surface area (Å²) in [6, 6.07) is 18.8. The molecular formula is C36H41NO5. The van der Waals surface area contributed by atoms with Crippen molar-refractivity contribution in [2.45, 2.75) is 70.3 Å². The molecule has 0 aromatic heterocycles. The highest BCUT2D eigenvalue weighted by Gasteiger charge is 2.86. The molecule has 5 aliphatic carbocycles. The predicted octanol–water partition coefficient (Wildman–Crippen LogP) is 5.52. The standard InChI is InChI=1S/C36H41NO5/c1-4-37-20-34(3)16-15-29(41-32(39)22-11-7-5-8-12-22)36-27(34)17-25(30(36)37)35-19-24(26(38)18-28(35)36)21(2)31(35)42-33(40)23-13-9-6-10-14-23/h5-14,24-31,38H,2,4,15-20H2,1,3H3/t24-,25+,26+,27-,28-,29+,30-,31-,34-,35+,36+/m1/s1. The van der Waals surface area contributed by atoms with Crippen LogP contribution in [-0.4, -0.2) is 59.4 Å². The van der Waals surface area contributed by atoms with Crippen molar-refractivity contribution < 1.29 is 24.2 Å². The Kier molecular flexibility index (Phi) is 5.73. The van der Waals surface area contributed by atoms with Crippen molar-refractivity contribution in [3.8, 4) is 0 Å². The largest absolute Gasteiger partial charge is 0.458 e. The summed E-state index contributed by atoms with van der Waals surface area (Å²) >= 11 is 0. The fourth-order valence-corrected chi connectivity index (χ4v) is 11.8. The van der Waals surface area contributed by atoms with Gasteiger partial charge in [-0.15, -0.1) is 0 Å². The van der Waals surface area contributed by atoms with Crippen molar-refractivity contribution in [3.63, 3.8) is 0 Å². The predicted molar refractivity (Wildman–Crippen MR) is 157 cm³/mol. The van der Waals surface area contributed by atoms with Gasteiger partial charge in [-0.2, -0.15) is 0 Å². The van der Waals surface area contributed by atoms with E-state index in [-0.39, 0.29) is 58.1 Å². The zero-order chi connectivity index (χ0) is 29.0. The molecule has 6 nitrogen and oxygen atoms in total. The number of hydrogen-bond acceptors (Lipinski definition) is 6. The highest BCUT2D eigenvalue weighted by molar-refractivity contribution is 5.90. The molecule has 220 valence electrons. The first-order chi connectivity index (χ1) is 20.3. The van der Waals surface area contributed by atoms with E-state index in [1.54, 1.807) is 12.1 Å². The second-order valence-electron chi connectivity index (χ2n) is 14.4. The maximum Gasteiger partial charge on any atom is 0.338 e. The first-order valence-corrected chi connectivity index (χ1v) is 15.9. The SMILES string of the molecule is C=C1[C@H]2C[C@@]3([C@@H]1OC(=O)c1ccccc1)[C@@H](C[C@@H]2O)[C@@]12[C@@H](OC(=O)c4ccccc4)CC[C@]4(C)CN(CC)[C@@H]1[C@@H]3C[C@H]42. The number of carbonyl (C=O) groups excluding carboxylic acids is 2. The number of piperidine rings is 1. The van der Waals surface area contributed by atoms with Crippen molar-refractivity contribution in [1.82, 2.24) is 4.90 Å². The van der Waals surface area contributed by atoms with Gasteiger partial charge in [-0.25, -0.2) is 9.59 Å². The number of fused-ring (bicyclic) bond motifs is 1. The molecule has 1 heterocycles. The van der Waals surface area contributed by atoms with Gasteiger partial charge in [-0.1, -0.05) is 56.8 Å². The lowest BCUT2D eigenvalue weighted by molar-refractivity contribution is -0.218. The minimum atomic E-state index is -0.542. The van der Waals surface area contributed by atoms with Crippen LogP contribution in [0.25, 0.3) is 0 Å². The van der Waals surface area contributed by atoms with Gasteiger partial charge in [0.2, 0.25) is 0 Å². The Morgan fingerprint density at radius 3 is 2.26 bits per heavy atom. The second-order valence-corrected chi connectivity index (χ2v) is 14.4. The number of hydrogen-bond donors (Lipinski definition) is 1. The summed E-state index contributed by atoms with van der Waals surface area (Å²) < 4.78 is 13.1. The van der Waals surface area contributed by atoms with Crippen molar-refractivity contribution in [2.75, 3.05) is 13.1 Å². The average molecular weight is 568 g/mol. The third-order valence-corrected chi connectivity index (χ3v) is 13.0. The molecule has 7 bridgehead atoms. The monoisotopic (exact) mass is 567 g/mol. The van der Waals surface area contributed by atoms with Crippen LogP contribution in [0.15, 0.2) is 72.8 Å². The lowest BCUT2D eigenvalue weighted by atomic mass is 9.43. The Balaban J connectivity index is 1.26. The van der Waals surface area contributed by atoms with E-state index in [4.69, 9.17) is 9.47 Å². The third-order valence-electron chi connectivity index (χ3n) is 13.0. The van der Waals surface area contributed by atoms with Crippen LogP contribution in [0.4, 0.5) is 0 Å². The number of rotatable bonds is 5. The summed E-state index contributed by atoms with van der Waals surface area (Å²) in [6.07, 6.45) is 3.07. The van der Waals surface area contributed by atoms with Gasteiger partial charge in [0.05, 0.1) is 17.2 Å². The minimum absolute atomic E-state index is 0.0698. The van der Waals surface area contributed by atoms with E-state index in [9.17, 15) is 14.7 Å². The molecule has 8 rings (SSSR count). The Morgan fingerprint density at radius 1 is 0.976 bits per heavy atom. The van der Waals surface area contributed by atoms with Gasteiger partial charge >= 0.3 is 11.9 Å². The molecule has 0 radical (unpaired) electrons. The third kappa shape index (κ3) is 3.18. The van der Waals surface area contributed by atoms with Gasteiger partial charge in [-0.05, 0) is 91.7 Å². The molecule has 1 N–H and O–H groups in total. The molecule has 6 fully saturated rings. The van der Waals surface area contributed by atoms with Crippen LogP contribution < -0.4 is 0 Å². The van der Waals surface area contributed by atoms with Crippen LogP contribution in [0.2, 0.25) is 0 Å². The first kappa shape index (κ1) is 26.7. The quantitative estimate of drug-likeness (QED) is 0.379. The van der Waals surface area contributed by atoms with E-state index in [0.717, 1.165) is 44.3 Å². The molecule has 0 amide bonds. The molecule has 2 aromatic carbocycles. The lowest BCUT2D eigenvalue weighted by Gasteiger charge is -2.65. The van der Waals surface area contributed by atoms with Crippen LogP contribution in [0, 0.1) is 39.9 Å². The Morgan fingerprint density at radius 2 is 1.62 bits per heavy atom. The second kappa shape index (κ2) is 9.03. The Hall–Kier alpha value is -2.96. The van der Waals surface area contributed by atoms with Gasteiger partial charge in [0.25, 0.3) is 0 Å². The molecule has 42 heavy (non-hydrogen) atoms. The molecular weight excluding hydrogens is 526 g/mol. The topological polar surface area (TPSA) is 76.1 Å². The van der Waals surface area contributed by atoms with E-state index in [2.05, 4.69) is 25.3 Å². The summed E-state index contributed by atoms with van der Waals surface area (Å²) in [5, 5.41) is 11.7. The fraction of sp³-hybridized carbons (Fsp3) is 0.556. The van der Waals surface area contributed by atoms with Crippen LogP contribution in [0.5, 0.6) is 0 Å². The Labute approximate surface area is 248 Å². The summed E-state index contributed by atoms with van der Waals surface area (Å²) in [6.45, 7) is 11.2. The molecule has 6 heteroatoms. The van der Waals surface area contributed by atoms with Gasteiger partial charge in [0.1, 0.15) is 12.2 Å². The van der Waals surface area contributed by atoms with Crippen molar-refractivity contribution in [1.29, 1.82) is 0 Å². The lowest BCUT2D eigenvalue weighted by Crippen LogP contribution is -2.69. The van der Waals surface area contributed by atoms with E-state index in [1.807, 2.05) is 48.5 Å². The summed E-state index contributed by atoms with van der Waals surface area (Å²) in [7, 11) is 0. The number of ether oxygens (including phenoxy) is 2. The van der Waals surface area contributed by atoms with Crippen LogP contribution in [0.3, 0.4) is 0 Å². The average Bonchev–Trinajstić information content (AvgIpc) is 3.53. The molecule has 1 aliphatic heterocycles. The molecule has 2 spiro atoms. The molecule has 11 atom stereocenters. The van der Waals surface area contributed by atoms with Crippen molar-refractivity contribution in [3.05, 3.63) is 83.9 Å². The molecule has 1 saturated heterocycles. The van der Waals surface area contributed by atoms with Crippen molar-refractivity contribution >= 4 is 11.9 Å². The van der Waals surface area contributed by atoms with Crippen LogP contribution in [-0.2, 0) is 9.47 Å². The molecule has 5 saturated carbocycles. The zero-order valence-electron chi connectivity index (χ0n) is 24.6. The summed E-state index contributed by atoms with van der Waals surface area (Å²) in [5.41, 5.74) is 1.48. The van der Waals surface area contributed by atoms with Gasteiger partial charge in [0.15, 0.2) is 0 Å². The van der Waals surface area contributed by atoms with E-state index in [0.29, 0.717) is 23.5 Å². The maximum atomic E-state index is 13.6. The van der Waals surface area contributed by atoms with E-state index < -0.39 is 12.2 Å². The van der Waals surface area contributed by atoms with Crippen LogP contribution >= 0.6 is 0 Å². The van der Waals surface area contributed by atoms with E-state index in [1.165, 1.54) is 0 Å². The number of aliphatic hydroxyl groups is 1. The first-order valence-electron chi connectivity index (χ1n) is 15.9. The highest BCUT2D eigenvalue weighted by atomic mass is 16.6.